The molecular formula is C10H24N2O5S. The molecule has 0 aromatic heterocycles. The van der Waals surface area contributed by atoms with Gasteiger partial charge in [-0.15, -0.1) is 0 Å². The van der Waals surface area contributed by atoms with Crippen molar-refractivity contribution in [1.82, 2.24) is 8.61 Å². The van der Waals surface area contributed by atoms with E-state index in [1.54, 1.807) is 0 Å². The molecule has 0 aliphatic rings. The van der Waals surface area contributed by atoms with E-state index in [0.29, 0.717) is 19.6 Å². The molecule has 0 aliphatic heterocycles. The summed E-state index contributed by atoms with van der Waals surface area (Å²) < 4.78 is 36.8. The van der Waals surface area contributed by atoms with Crippen LogP contribution in [0.25, 0.3) is 0 Å². The zero-order valence-electron chi connectivity index (χ0n) is 11.3. The highest BCUT2D eigenvalue weighted by molar-refractivity contribution is 7.86. The Morgan fingerprint density at radius 1 is 1.06 bits per heavy atom. The standard InChI is InChI=1S/C10H24N2O5S/c1-11(5-4-8-13)18(14,15)12(6-9-16-2)7-10-17-3/h13H,4-10H2,1-3H3. The lowest BCUT2D eigenvalue weighted by atomic mass is 10.5. The van der Waals surface area contributed by atoms with E-state index >= 15 is 0 Å². The number of hydrogen-bond donors (Lipinski definition) is 1. The van der Waals surface area contributed by atoms with Crippen molar-refractivity contribution in [1.29, 1.82) is 0 Å². The van der Waals surface area contributed by atoms with Crippen molar-refractivity contribution in [3.63, 3.8) is 0 Å². The highest BCUT2D eigenvalue weighted by Gasteiger charge is 2.25. The summed E-state index contributed by atoms with van der Waals surface area (Å²) in [6, 6.07) is 0. The molecule has 0 aromatic carbocycles. The van der Waals surface area contributed by atoms with Crippen LogP contribution in [0.15, 0.2) is 0 Å². The van der Waals surface area contributed by atoms with E-state index < -0.39 is 10.2 Å². The first-order valence-electron chi connectivity index (χ1n) is 5.80. The Hall–Kier alpha value is -0.250. The average molecular weight is 284 g/mol. The molecule has 0 bridgehead atoms. The molecule has 0 amide bonds. The van der Waals surface area contributed by atoms with Crippen molar-refractivity contribution in [3.05, 3.63) is 0 Å². The fourth-order valence-electron chi connectivity index (χ4n) is 1.33. The van der Waals surface area contributed by atoms with Gasteiger partial charge in [0.25, 0.3) is 10.2 Å². The van der Waals surface area contributed by atoms with Crippen LogP contribution in [0.2, 0.25) is 0 Å². The molecule has 7 nitrogen and oxygen atoms in total. The third-order valence-electron chi connectivity index (χ3n) is 2.44. The lowest BCUT2D eigenvalue weighted by molar-refractivity contribution is 0.147. The fourth-order valence-corrected chi connectivity index (χ4v) is 2.70. The van der Waals surface area contributed by atoms with Gasteiger partial charge in [0.1, 0.15) is 0 Å². The van der Waals surface area contributed by atoms with E-state index in [4.69, 9.17) is 14.6 Å². The lowest BCUT2D eigenvalue weighted by Gasteiger charge is -2.27. The molecule has 0 radical (unpaired) electrons. The van der Waals surface area contributed by atoms with Gasteiger partial charge < -0.3 is 14.6 Å². The van der Waals surface area contributed by atoms with Crippen LogP contribution >= 0.6 is 0 Å². The van der Waals surface area contributed by atoms with Gasteiger partial charge in [-0.2, -0.15) is 17.0 Å². The maximum atomic E-state index is 12.2. The molecule has 0 saturated carbocycles. The van der Waals surface area contributed by atoms with Gasteiger partial charge in [-0.1, -0.05) is 0 Å². The van der Waals surface area contributed by atoms with Gasteiger partial charge in [0.05, 0.1) is 13.2 Å². The average Bonchev–Trinajstić information content (AvgIpc) is 2.35. The van der Waals surface area contributed by atoms with Crippen molar-refractivity contribution in [2.45, 2.75) is 6.42 Å². The van der Waals surface area contributed by atoms with Crippen molar-refractivity contribution < 1.29 is 23.0 Å². The van der Waals surface area contributed by atoms with Gasteiger partial charge in [0, 0.05) is 47.5 Å². The Balaban J connectivity index is 4.60. The molecule has 0 atom stereocenters. The number of aliphatic hydroxyl groups is 1. The molecule has 0 unspecified atom stereocenters. The van der Waals surface area contributed by atoms with Crippen LogP contribution in [-0.4, -0.2) is 82.9 Å². The van der Waals surface area contributed by atoms with Crippen LogP contribution in [0, 0.1) is 0 Å². The summed E-state index contributed by atoms with van der Waals surface area (Å²) >= 11 is 0. The maximum Gasteiger partial charge on any atom is 0.281 e. The Morgan fingerprint density at radius 2 is 1.56 bits per heavy atom. The smallest absolute Gasteiger partial charge is 0.281 e. The topological polar surface area (TPSA) is 79.3 Å². The Bertz CT molecular complexity index is 289. The van der Waals surface area contributed by atoms with Gasteiger partial charge in [-0.05, 0) is 6.42 Å². The van der Waals surface area contributed by atoms with Crippen molar-refractivity contribution in [3.8, 4) is 0 Å². The van der Waals surface area contributed by atoms with Gasteiger partial charge in [0.15, 0.2) is 0 Å². The zero-order valence-corrected chi connectivity index (χ0v) is 12.1. The minimum atomic E-state index is -3.52. The second-order valence-electron chi connectivity index (χ2n) is 3.79. The van der Waals surface area contributed by atoms with Gasteiger partial charge >= 0.3 is 0 Å². The number of hydrogen-bond acceptors (Lipinski definition) is 5. The van der Waals surface area contributed by atoms with Crippen molar-refractivity contribution in [2.24, 2.45) is 0 Å². The van der Waals surface area contributed by atoms with Crippen LogP contribution in [0.1, 0.15) is 6.42 Å². The predicted molar refractivity (Wildman–Crippen MR) is 68.6 cm³/mol. The summed E-state index contributed by atoms with van der Waals surface area (Å²) in [5.41, 5.74) is 0. The second kappa shape index (κ2) is 9.65. The van der Waals surface area contributed by atoms with Crippen LogP contribution in [0.5, 0.6) is 0 Å². The Labute approximate surface area is 109 Å². The largest absolute Gasteiger partial charge is 0.396 e. The third kappa shape index (κ3) is 6.07. The number of nitrogens with zero attached hydrogens (tertiary/aromatic N) is 2. The molecule has 0 heterocycles. The maximum absolute atomic E-state index is 12.2. The van der Waals surface area contributed by atoms with Crippen LogP contribution in [0.3, 0.4) is 0 Å². The van der Waals surface area contributed by atoms with E-state index in [0.717, 1.165) is 0 Å². The number of aliphatic hydroxyl groups excluding tert-OH is 1. The molecule has 0 rings (SSSR count). The molecule has 0 aromatic rings. The van der Waals surface area contributed by atoms with Gasteiger partial charge in [-0.3, -0.25) is 0 Å². The van der Waals surface area contributed by atoms with E-state index in [1.807, 2.05) is 0 Å². The summed E-state index contributed by atoms with van der Waals surface area (Å²) in [6.45, 7) is 1.48. The first-order valence-corrected chi connectivity index (χ1v) is 7.20. The fraction of sp³-hybridized carbons (Fsp3) is 1.00. The molecule has 0 spiro atoms. The summed E-state index contributed by atoms with van der Waals surface area (Å²) in [5, 5.41) is 8.73. The molecule has 0 fully saturated rings. The minimum Gasteiger partial charge on any atom is -0.396 e. The van der Waals surface area contributed by atoms with Gasteiger partial charge in [-0.25, -0.2) is 0 Å². The highest BCUT2D eigenvalue weighted by atomic mass is 32.2. The van der Waals surface area contributed by atoms with Crippen molar-refractivity contribution >= 4 is 10.2 Å². The summed E-state index contributed by atoms with van der Waals surface area (Å²) in [4.78, 5) is 0. The monoisotopic (exact) mass is 284 g/mol. The number of ether oxygens (including phenoxy) is 2. The first-order chi connectivity index (χ1) is 8.50. The highest BCUT2D eigenvalue weighted by Crippen LogP contribution is 2.06. The number of methoxy groups -OCH3 is 2. The van der Waals surface area contributed by atoms with Crippen LogP contribution in [0.4, 0.5) is 0 Å². The summed E-state index contributed by atoms with van der Waals surface area (Å²) in [6.07, 6.45) is 0.415. The molecule has 110 valence electrons. The van der Waals surface area contributed by atoms with Crippen LogP contribution < -0.4 is 0 Å². The van der Waals surface area contributed by atoms with E-state index in [-0.39, 0.29) is 26.2 Å². The Morgan fingerprint density at radius 3 is 1.94 bits per heavy atom. The Kier molecular flexibility index (Phi) is 9.52. The van der Waals surface area contributed by atoms with Crippen molar-refractivity contribution in [2.75, 3.05) is 60.7 Å². The molecular weight excluding hydrogens is 260 g/mol. The molecule has 8 heteroatoms. The van der Waals surface area contributed by atoms with Gasteiger partial charge in [0.2, 0.25) is 0 Å². The van der Waals surface area contributed by atoms with E-state index in [1.165, 1.54) is 29.9 Å². The minimum absolute atomic E-state index is 0.0317. The quantitative estimate of drug-likeness (QED) is 0.534. The molecule has 18 heavy (non-hydrogen) atoms. The summed E-state index contributed by atoms with van der Waals surface area (Å²) in [7, 11) is 1.02. The zero-order chi connectivity index (χ0) is 14.0. The van der Waals surface area contributed by atoms with E-state index in [2.05, 4.69) is 0 Å². The molecule has 0 aliphatic carbocycles. The normalized spacial score (nSPS) is 12.6. The lowest BCUT2D eigenvalue weighted by Crippen LogP contribution is -2.45. The summed E-state index contributed by atoms with van der Waals surface area (Å²) in [5.74, 6) is 0. The third-order valence-corrected chi connectivity index (χ3v) is 4.43. The molecule has 0 saturated heterocycles. The first kappa shape index (κ1) is 17.8. The van der Waals surface area contributed by atoms with E-state index in [9.17, 15) is 8.42 Å². The molecule has 1 N–H and O–H groups in total. The number of rotatable bonds is 11. The van der Waals surface area contributed by atoms with Crippen LogP contribution in [-0.2, 0) is 19.7 Å². The second-order valence-corrected chi connectivity index (χ2v) is 5.83. The SMILES string of the molecule is COCCN(CCOC)S(=O)(=O)N(C)CCCO. The predicted octanol–water partition coefficient (Wildman–Crippen LogP) is -0.860.